The lowest BCUT2D eigenvalue weighted by atomic mass is 10.0. The van der Waals surface area contributed by atoms with Crippen LogP contribution in [0.5, 0.6) is 5.75 Å². The van der Waals surface area contributed by atoms with E-state index in [1.807, 2.05) is 12.1 Å². The fourth-order valence-electron chi connectivity index (χ4n) is 3.95. The van der Waals surface area contributed by atoms with Gasteiger partial charge >= 0.3 is 12.2 Å². The van der Waals surface area contributed by atoms with Crippen molar-refractivity contribution in [2.24, 2.45) is 0 Å². The Morgan fingerprint density at radius 1 is 1.13 bits per heavy atom. The first-order valence-electron chi connectivity index (χ1n) is 9.48. The number of nitrogens with one attached hydrogen (secondary N) is 1. The number of benzene rings is 2. The number of carbonyl (C=O) groups excluding carboxylic acids is 2. The third-order valence-electron chi connectivity index (χ3n) is 5.46. The van der Waals surface area contributed by atoms with Gasteiger partial charge in [0.1, 0.15) is 11.8 Å². The average Bonchev–Trinajstić information content (AvgIpc) is 3.21. The smallest absolute Gasteiger partial charge is 0.416 e. The van der Waals surface area contributed by atoms with Crippen molar-refractivity contribution in [1.82, 2.24) is 10.2 Å². The van der Waals surface area contributed by atoms with E-state index in [-0.39, 0.29) is 18.3 Å². The summed E-state index contributed by atoms with van der Waals surface area (Å²) in [5.41, 5.74) is -0.177. The number of carbonyl (C=O) groups is 2. The van der Waals surface area contributed by atoms with E-state index in [9.17, 15) is 22.8 Å². The summed E-state index contributed by atoms with van der Waals surface area (Å²) >= 11 is 0. The number of anilines is 1. The number of nitrogens with zero attached hydrogens (tertiary/aromatic N) is 2. The Balaban J connectivity index is 1.68. The number of fused-ring (bicyclic) bond motifs is 1. The number of hydrogen-bond acceptors (Lipinski definition) is 4. The van der Waals surface area contributed by atoms with Crippen molar-refractivity contribution < 1.29 is 27.5 Å². The van der Waals surface area contributed by atoms with Crippen molar-refractivity contribution >= 4 is 17.6 Å². The highest BCUT2D eigenvalue weighted by atomic mass is 19.4. The summed E-state index contributed by atoms with van der Waals surface area (Å²) in [6, 6.07) is 9.80. The van der Waals surface area contributed by atoms with E-state index < -0.39 is 29.7 Å². The number of imide groups is 1. The van der Waals surface area contributed by atoms with Crippen LogP contribution in [0.1, 0.15) is 17.5 Å². The molecular formula is C21H20F3N3O3. The summed E-state index contributed by atoms with van der Waals surface area (Å²) in [6.45, 7) is 0.776. The Labute approximate surface area is 171 Å². The van der Waals surface area contributed by atoms with Crippen molar-refractivity contribution in [3.05, 3.63) is 59.7 Å². The fourth-order valence-corrected chi connectivity index (χ4v) is 3.95. The van der Waals surface area contributed by atoms with Crippen LogP contribution in [0.3, 0.4) is 0 Å². The summed E-state index contributed by atoms with van der Waals surface area (Å²) in [5, 5.41) is 3.08. The summed E-state index contributed by atoms with van der Waals surface area (Å²) < 4.78 is 44.6. The minimum Gasteiger partial charge on any atom is -0.497 e. The molecule has 2 heterocycles. The van der Waals surface area contributed by atoms with Gasteiger partial charge in [-0.25, -0.2) is 9.69 Å². The van der Waals surface area contributed by atoms with Crippen LogP contribution in [0, 0.1) is 0 Å². The molecule has 2 fully saturated rings. The van der Waals surface area contributed by atoms with Gasteiger partial charge in [0.25, 0.3) is 5.91 Å². The van der Waals surface area contributed by atoms with E-state index in [4.69, 9.17) is 4.74 Å². The maximum Gasteiger partial charge on any atom is 0.416 e. The molecule has 30 heavy (non-hydrogen) atoms. The molecule has 0 radical (unpaired) electrons. The molecule has 9 heteroatoms. The molecule has 2 saturated heterocycles. The normalized spacial score (nSPS) is 21.7. The third-order valence-corrected chi connectivity index (χ3v) is 5.46. The molecule has 1 N–H and O–H groups in total. The molecule has 2 atom stereocenters. The number of ether oxygens (including phenoxy) is 1. The van der Waals surface area contributed by atoms with Crippen LogP contribution >= 0.6 is 0 Å². The summed E-state index contributed by atoms with van der Waals surface area (Å²) in [7, 11) is 1.55. The van der Waals surface area contributed by atoms with Gasteiger partial charge in [0.15, 0.2) is 0 Å². The number of urea groups is 1. The van der Waals surface area contributed by atoms with E-state index in [2.05, 4.69) is 5.32 Å². The fraction of sp³-hybridized carbons (Fsp3) is 0.333. The molecule has 6 nitrogen and oxygen atoms in total. The Hall–Kier alpha value is -3.07. The topological polar surface area (TPSA) is 61.9 Å². The van der Waals surface area contributed by atoms with Gasteiger partial charge in [-0.3, -0.25) is 4.79 Å². The standard InChI is InChI=1S/C21H20F3N3O3/c1-30-16-7-5-13(6-8-16)12-26-17-9-10-25-18(17)19(28)27(20(26)29)15-4-2-3-14(11-15)21(22,23)24/h2-8,11,17-18,25H,9-10,12H2,1H3/t17-,18-/m0/s1. The van der Waals surface area contributed by atoms with Gasteiger partial charge in [0.05, 0.1) is 24.4 Å². The number of rotatable bonds is 4. The number of hydrogen-bond donors (Lipinski definition) is 1. The molecule has 4 rings (SSSR count). The van der Waals surface area contributed by atoms with E-state index >= 15 is 0 Å². The van der Waals surface area contributed by atoms with Crippen LogP contribution in [0.2, 0.25) is 0 Å². The number of methoxy groups -OCH3 is 1. The van der Waals surface area contributed by atoms with Gasteiger partial charge in [-0.05, 0) is 48.9 Å². The Morgan fingerprint density at radius 2 is 1.87 bits per heavy atom. The van der Waals surface area contributed by atoms with E-state index in [0.29, 0.717) is 18.7 Å². The molecule has 3 amide bonds. The zero-order chi connectivity index (χ0) is 21.5. The van der Waals surface area contributed by atoms with Gasteiger partial charge in [-0.15, -0.1) is 0 Å². The predicted molar refractivity (Wildman–Crippen MR) is 103 cm³/mol. The van der Waals surface area contributed by atoms with E-state index in [1.54, 1.807) is 24.1 Å². The van der Waals surface area contributed by atoms with Crippen LogP contribution in [0.25, 0.3) is 0 Å². The molecule has 0 saturated carbocycles. The zero-order valence-electron chi connectivity index (χ0n) is 16.1. The van der Waals surface area contributed by atoms with Crippen molar-refractivity contribution in [2.75, 3.05) is 18.6 Å². The largest absolute Gasteiger partial charge is 0.497 e. The maximum atomic E-state index is 13.3. The Kier molecular flexibility index (Phi) is 5.15. The predicted octanol–water partition coefficient (Wildman–Crippen LogP) is 3.41. The lowest BCUT2D eigenvalue weighted by Gasteiger charge is -2.42. The minimum atomic E-state index is -4.57. The molecule has 0 spiro atoms. The van der Waals surface area contributed by atoms with Crippen LogP contribution in [0.4, 0.5) is 23.7 Å². The highest BCUT2D eigenvalue weighted by molar-refractivity contribution is 6.18. The molecular weight excluding hydrogens is 399 g/mol. The molecule has 0 unspecified atom stereocenters. The maximum absolute atomic E-state index is 13.3. The van der Waals surface area contributed by atoms with Crippen molar-refractivity contribution in [3.8, 4) is 5.75 Å². The number of alkyl halides is 3. The van der Waals surface area contributed by atoms with Crippen molar-refractivity contribution in [1.29, 1.82) is 0 Å². The highest BCUT2D eigenvalue weighted by Gasteiger charge is 2.49. The molecule has 2 aromatic rings. The third kappa shape index (κ3) is 3.60. The molecule has 2 aliphatic rings. The van der Waals surface area contributed by atoms with Gasteiger partial charge in [-0.1, -0.05) is 18.2 Å². The summed E-state index contributed by atoms with van der Waals surface area (Å²) in [5.74, 6) is 0.137. The molecule has 158 valence electrons. The lowest BCUT2D eigenvalue weighted by molar-refractivity contribution is -0.137. The van der Waals surface area contributed by atoms with Crippen LogP contribution in [-0.2, 0) is 17.5 Å². The van der Waals surface area contributed by atoms with E-state index in [1.165, 1.54) is 12.1 Å². The van der Waals surface area contributed by atoms with Gasteiger partial charge in [0.2, 0.25) is 0 Å². The molecule has 0 bridgehead atoms. The summed E-state index contributed by atoms with van der Waals surface area (Å²) in [4.78, 5) is 28.6. The molecule has 0 aliphatic carbocycles. The van der Waals surface area contributed by atoms with Gasteiger partial charge in [-0.2, -0.15) is 13.2 Å². The Morgan fingerprint density at radius 3 is 2.53 bits per heavy atom. The van der Waals surface area contributed by atoms with Crippen LogP contribution < -0.4 is 15.0 Å². The first-order chi connectivity index (χ1) is 14.3. The first kappa shape index (κ1) is 20.2. The zero-order valence-corrected chi connectivity index (χ0v) is 16.1. The average molecular weight is 419 g/mol. The van der Waals surface area contributed by atoms with E-state index in [0.717, 1.165) is 22.6 Å². The first-order valence-corrected chi connectivity index (χ1v) is 9.48. The van der Waals surface area contributed by atoms with Crippen LogP contribution in [-0.4, -0.2) is 42.6 Å². The van der Waals surface area contributed by atoms with Crippen LogP contribution in [0.15, 0.2) is 48.5 Å². The van der Waals surface area contributed by atoms with Gasteiger partial charge in [0, 0.05) is 6.54 Å². The van der Waals surface area contributed by atoms with Gasteiger partial charge < -0.3 is 15.0 Å². The number of amides is 3. The van der Waals surface area contributed by atoms with Crippen molar-refractivity contribution in [3.63, 3.8) is 0 Å². The number of halogens is 3. The monoisotopic (exact) mass is 419 g/mol. The second-order valence-electron chi connectivity index (χ2n) is 7.27. The minimum absolute atomic E-state index is 0.0910. The highest BCUT2D eigenvalue weighted by Crippen LogP contribution is 2.34. The summed E-state index contributed by atoms with van der Waals surface area (Å²) in [6.07, 6.45) is -3.98. The van der Waals surface area contributed by atoms with Crippen molar-refractivity contribution in [2.45, 2.75) is 31.2 Å². The quantitative estimate of drug-likeness (QED) is 0.825. The Bertz CT molecular complexity index is 962. The second kappa shape index (κ2) is 7.64. The molecule has 0 aromatic heterocycles. The second-order valence-corrected chi connectivity index (χ2v) is 7.27. The molecule has 2 aliphatic heterocycles. The SMILES string of the molecule is COc1ccc(CN2C(=O)N(c3cccc(C(F)(F)F)c3)C(=O)[C@H]3NCC[C@@H]32)cc1. The lowest BCUT2D eigenvalue weighted by Crippen LogP contribution is -2.64. The molecule has 2 aromatic carbocycles.